The van der Waals surface area contributed by atoms with E-state index >= 15 is 0 Å². The van der Waals surface area contributed by atoms with Crippen molar-refractivity contribution in [2.75, 3.05) is 20.3 Å². The number of nitrogens with zero attached hydrogens (tertiary/aromatic N) is 2. The van der Waals surface area contributed by atoms with Crippen LogP contribution in [-0.4, -0.2) is 77.9 Å². The van der Waals surface area contributed by atoms with Crippen molar-refractivity contribution in [2.24, 2.45) is 17.8 Å². The fraction of sp³-hybridized carbons (Fsp3) is 0.318. The topological polar surface area (TPSA) is 146 Å². The fourth-order valence-corrected chi connectivity index (χ4v) is 12.9. The number of fused-ring (bicyclic) bond motifs is 1. The van der Waals surface area contributed by atoms with E-state index in [0.717, 1.165) is 28.6 Å². The summed E-state index contributed by atoms with van der Waals surface area (Å²) in [5.74, 6) is -4.28. The van der Waals surface area contributed by atoms with E-state index in [4.69, 9.17) is 9.16 Å². The second kappa shape index (κ2) is 16.7. The first kappa shape index (κ1) is 39.5. The van der Waals surface area contributed by atoms with Gasteiger partial charge in [-0.2, -0.15) is 4.90 Å². The molecule has 55 heavy (non-hydrogen) atoms. The van der Waals surface area contributed by atoms with Gasteiger partial charge in [-0.15, -0.1) is 0 Å². The van der Waals surface area contributed by atoms with Crippen LogP contribution in [0.25, 0.3) is 11.6 Å². The average molecular weight is 761 g/mol. The second-order valence-corrected chi connectivity index (χ2v) is 19.5. The number of amides is 3. The Kier molecular flexibility index (Phi) is 12.0. The molecule has 1 fully saturated rings. The summed E-state index contributed by atoms with van der Waals surface area (Å²) in [5, 5.41) is 34.9. The molecule has 4 atom stereocenters. The molecule has 0 radical (unpaired) electrons. The van der Waals surface area contributed by atoms with E-state index in [1.54, 1.807) is 30.5 Å². The summed E-state index contributed by atoms with van der Waals surface area (Å²) < 4.78 is 12.1. The molecule has 0 saturated carbocycles. The number of aliphatic hydroxyl groups is 2. The summed E-state index contributed by atoms with van der Waals surface area (Å²) in [5.41, 5.74) is 3.43. The molecular formula is C44H48N2O8Si. The Labute approximate surface area is 322 Å². The summed E-state index contributed by atoms with van der Waals surface area (Å²) in [7, 11) is -2.00. The molecule has 4 aromatic rings. The van der Waals surface area contributed by atoms with Crippen molar-refractivity contribution in [2.45, 2.75) is 51.2 Å². The predicted molar refractivity (Wildman–Crippen MR) is 212 cm³/mol. The van der Waals surface area contributed by atoms with Gasteiger partial charge in [-0.3, -0.25) is 14.6 Å². The molecule has 1 aliphatic heterocycles. The largest absolute Gasteiger partial charge is 0.508 e. The first-order valence-corrected chi connectivity index (χ1v) is 20.4. The molecular weight excluding hydrogens is 713 g/mol. The fourth-order valence-electron chi connectivity index (χ4n) is 8.37. The lowest BCUT2D eigenvalue weighted by Crippen LogP contribution is -2.66. The molecule has 0 unspecified atom stereocenters. The van der Waals surface area contributed by atoms with Crippen LogP contribution < -0.4 is 10.4 Å². The first-order chi connectivity index (χ1) is 26.4. The number of phenolic OH excluding ortho intramolecular Hbond substituents is 1. The summed E-state index contributed by atoms with van der Waals surface area (Å²) in [6.07, 6.45) is 2.02. The van der Waals surface area contributed by atoms with Gasteiger partial charge in [-0.25, -0.2) is 4.79 Å². The van der Waals surface area contributed by atoms with E-state index in [0.29, 0.717) is 28.2 Å². The quantitative estimate of drug-likeness (QED) is 0.0938. The Hall–Kier alpha value is -5.20. The Balaban J connectivity index is 1.44. The molecule has 0 spiro atoms. The van der Waals surface area contributed by atoms with Gasteiger partial charge in [0, 0.05) is 12.1 Å². The van der Waals surface area contributed by atoms with Crippen LogP contribution in [0.15, 0.2) is 120 Å². The lowest BCUT2D eigenvalue weighted by atomic mass is 9.68. The Bertz CT molecular complexity index is 2010. The highest BCUT2D eigenvalue weighted by atomic mass is 28.4. The molecule has 2 heterocycles. The van der Waals surface area contributed by atoms with Crippen molar-refractivity contribution >= 4 is 48.2 Å². The van der Waals surface area contributed by atoms with Gasteiger partial charge >= 0.3 is 6.09 Å². The maximum Gasteiger partial charge on any atom is 0.423 e. The highest BCUT2D eigenvalue weighted by molar-refractivity contribution is 6.99. The van der Waals surface area contributed by atoms with Crippen molar-refractivity contribution in [3.8, 4) is 5.75 Å². The molecule has 11 heteroatoms. The van der Waals surface area contributed by atoms with Crippen LogP contribution in [0.4, 0.5) is 4.79 Å². The zero-order valence-corrected chi connectivity index (χ0v) is 32.6. The van der Waals surface area contributed by atoms with Gasteiger partial charge in [0.2, 0.25) is 11.8 Å². The van der Waals surface area contributed by atoms with E-state index in [9.17, 15) is 29.7 Å². The number of aromatic hydroxyl groups is 1. The number of carbonyl (C=O) groups is 3. The molecule has 1 aromatic heterocycles. The van der Waals surface area contributed by atoms with Gasteiger partial charge < -0.3 is 24.5 Å². The minimum atomic E-state index is -3.11. The lowest BCUT2D eigenvalue weighted by Gasteiger charge is -2.44. The van der Waals surface area contributed by atoms with Crippen molar-refractivity contribution in [3.05, 3.63) is 132 Å². The first-order valence-electron chi connectivity index (χ1n) is 18.5. The van der Waals surface area contributed by atoms with Crippen molar-refractivity contribution < 1.29 is 38.9 Å². The second-order valence-electron chi connectivity index (χ2n) is 15.1. The number of allylic oxidation sites excluding steroid dienone is 1. The SMILES string of the molecule is COC(=O)N1C(=O)[C@@H]2[C@@H](CC(CO[Si](c3ccccc3)(c3ccccc3)C(C)(C)C)=C([C@H](O)CC/C(=C/c3ccc(O)cc3)c3ccccn3)[C@@H]2CO)C1=O. The highest BCUT2D eigenvalue weighted by Gasteiger charge is 2.58. The van der Waals surface area contributed by atoms with E-state index in [2.05, 4.69) is 50.0 Å². The van der Waals surface area contributed by atoms with Crippen LogP contribution in [-0.2, 0) is 18.8 Å². The van der Waals surface area contributed by atoms with Crippen LogP contribution in [0, 0.1) is 17.8 Å². The normalized spacial score (nSPS) is 19.7. The third kappa shape index (κ3) is 7.83. The minimum absolute atomic E-state index is 0.0233. The maximum absolute atomic E-state index is 13.8. The van der Waals surface area contributed by atoms with Crippen LogP contribution >= 0.6 is 0 Å². The number of benzene rings is 3. The molecule has 3 N–H and O–H groups in total. The predicted octanol–water partition coefficient (Wildman–Crippen LogP) is 5.72. The van der Waals surface area contributed by atoms with E-state index in [-0.39, 0.29) is 30.2 Å². The minimum Gasteiger partial charge on any atom is -0.508 e. The van der Waals surface area contributed by atoms with Gasteiger partial charge in [0.25, 0.3) is 8.32 Å². The number of likely N-dealkylation sites (tertiary alicyclic amines) is 1. The smallest absolute Gasteiger partial charge is 0.423 e. The van der Waals surface area contributed by atoms with Crippen molar-refractivity contribution in [3.63, 3.8) is 0 Å². The van der Waals surface area contributed by atoms with Crippen LogP contribution in [0.1, 0.15) is 51.3 Å². The Morgan fingerprint density at radius 3 is 2.09 bits per heavy atom. The standard InChI is InChI=1S/C44H48N2O8Si/c1-44(2,3)55(33-13-7-5-8-14-33,34-15-9-6-10-16-34)54-28-31-26-35-40(42(51)46(41(35)50)43(52)53-4)36(27-47)39(31)38(49)23-20-30(37-17-11-12-24-45-37)25-29-18-21-32(48)22-19-29/h5-19,21-22,24-25,35-36,38,40,47-49H,20,23,26-28H2,1-4H3/b30-25-/t35-,36+,38-,40-/m1/s1. The number of carbonyl (C=O) groups excluding carboxylic acids is 3. The number of aliphatic hydroxyl groups excluding tert-OH is 2. The van der Waals surface area contributed by atoms with E-state index in [1.807, 2.05) is 60.7 Å². The number of aromatic nitrogens is 1. The molecule has 6 rings (SSSR count). The van der Waals surface area contributed by atoms with Gasteiger partial charge in [-0.05, 0) is 87.3 Å². The van der Waals surface area contributed by atoms with Crippen molar-refractivity contribution in [1.29, 1.82) is 0 Å². The Morgan fingerprint density at radius 2 is 1.55 bits per heavy atom. The molecule has 10 nitrogen and oxygen atoms in total. The van der Waals surface area contributed by atoms with Crippen LogP contribution in [0.2, 0.25) is 5.04 Å². The van der Waals surface area contributed by atoms with Gasteiger partial charge in [0.05, 0.1) is 44.0 Å². The monoisotopic (exact) mass is 760 g/mol. The third-order valence-electron chi connectivity index (χ3n) is 10.9. The molecule has 3 amide bonds. The zero-order valence-electron chi connectivity index (χ0n) is 31.6. The van der Waals surface area contributed by atoms with Crippen molar-refractivity contribution in [1.82, 2.24) is 9.88 Å². The molecule has 2 aliphatic rings. The zero-order chi connectivity index (χ0) is 39.3. The van der Waals surface area contributed by atoms with Gasteiger partial charge in [0.1, 0.15) is 5.75 Å². The van der Waals surface area contributed by atoms with E-state index in [1.165, 1.54) is 0 Å². The highest BCUT2D eigenvalue weighted by Crippen LogP contribution is 2.47. The van der Waals surface area contributed by atoms with Crippen LogP contribution in [0.5, 0.6) is 5.75 Å². The lowest BCUT2D eigenvalue weighted by molar-refractivity contribution is -0.137. The molecule has 286 valence electrons. The number of hydrogen-bond donors (Lipinski definition) is 3. The van der Waals surface area contributed by atoms with Gasteiger partial charge in [-0.1, -0.05) is 99.6 Å². The Morgan fingerprint density at radius 1 is 0.927 bits per heavy atom. The van der Waals surface area contributed by atoms with Gasteiger partial charge in [0.15, 0.2) is 0 Å². The summed E-state index contributed by atoms with van der Waals surface area (Å²) in [4.78, 5) is 45.4. The molecule has 1 saturated heterocycles. The number of pyridine rings is 1. The summed E-state index contributed by atoms with van der Waals surface area (Å²) in [6.45, 7) is 5.95. The number of rotatable bonds is 12. The van der Waals surface area contributed by atoms with Crippen LogP contribution in [0.3, 0.4) is 0 Å². The molecule has 3 aromatic carbocycles. The molecule has 1 aliphatic carbocycles. The maximum atomic E-state index is 13.8. The number of ether oxygens (including phenoxy) is 1. The molecule has 0 bridgehead atoms. The third-order valence-corrected chi connectivity index (χ3v) is 15.9. The number of imide groups is 3. The summed E-state index contributed by atoms with van der Waals surface area (Å²) in [6, 6.07) is 32.6. The number of methoxy groups -OCH3 is 1. The summed E-state index contributed by atoms with van der Waals surface area (Å²) >= 11 is 0. The average Bonchev–Trinajstić information content (AvgIpc) is 3.45. The number of phenols is 1. The number of hydrogen-bond acceptors (Lipinski definition) is 9. The van der Waals surface area contributed by atoms with E-state index < -0.39 is 56.7 Å².